The lowest BCUT2D eigenvalue weighted by atomic mass is 9.82. The van der Waals surface area contributed by atoms with Crippen LogP contribution in [0, 0.1) is 11.8 Å². The Morgan fingerprint density at radius 1 is 1.38 bits per heavy atom. The Morgan fingerprint density at radius 2 is 2.27 bits per heavy atom. The van der Waals surface area contributed by atoms with E-state index in [9.17, 15) is 4.79 Å². The van der Waals surface area contributed by atoms with Gasteiger partial charge in [-0.15, -0.1) is 0 Å². The minimum atomic E-state index is -0.0148. The van der Waals surface area contributed by atoms with E-state index in [-0.39, 0.29) is 5.91 Å². The Morgan fingerprint density at radius 3 is 3.04 bits per heavy atom. The summed E-state index contributed by atoms with van der Waals surface area (Å²) in [5.74, 6) is 1.67. The molecule has 1 amide bonds. The minimum Gasteiger partial charge on any atom is -0.381 e. The predicted octanol–water partition coefficient (Wildman–Crippen LogP) is 4.65. The zero-order valence-electron chi connectivity index (χ0n) is 15.3. The topological polar surface area (TPSA) is 42.7 Å². The van der Waals surface area contributed by atoms with Crippen molar-refractivity contribution in [1.29, 1.82) is 0 Å². The maximum atomic E-state index is 12.9. The summed E-state index contributed by atoms with van der Waals surface area (Å²) in [6, 6.07) is 5.80. The van der Waals surface area contributed by atoms with Gasteiger partial charge in [0.05, 0.1) is 22.7 Å². The maximum Gasteiger partial charge on any atom is 0.253 e. The van der Waals surface area contributed by atoms with Crippen LogP contribution in [-0.2, 0) is 4.74 Å². The van der Waals surface area contributed by atoms with Crippen LogP contribution in [0.3, 0.4) is 0 Å². The van der Waals surface area contributed by atoms with Gasteiger partial charge in [0.2, 0.25) is 0 Å². The number of rotatable bonds is 4. The molecule has 4 rings (SSSR count). The van der Waals surface area contributed by atoms with Gasteiger partial charge in [0, 0.05) is 31.0 Å². The molecule has 2 aromatic heterocycles. The summed E-state index contributed by atoms with van der Waals surface area (Å²) in [7, 11) is 0. The molecule has 26 heavy (non-hydrogen) atoms. The number of pyridine rings is 1. The molecule has 2 fully saturated rings. The van der Waals surface area contributed by atoms with Crippen LogP contribution >= 0.6 is 11.6 Å². The number of halogens is 1. The second-order valence-corrected chi connectivity index (χ2v) is 8.37. The van der Waals surface area contributed by atoms with E-state index in [0.29, 0.717) is 29.0 Å². The molecular formula is C21H27ClN2O2. The highest BCUT2D eigenvalue weighted by Gasteiger charge is 2.26. The largest absolute Gasteiger partial charge is 0.381 e. The summed E-state index contributed by atoms with van der Waals surface area (Å²) < 4.78 is 7.62. The number of ether oxygens (including phenoxy) is 1. The van der Waals surface area contributed by atoms with Gasteiger partial charge in [-0.05, 0) is 49.3 Å². The van der Waals surface area contributed by atoms with Gasteiger partial charge >= 0.3 is 0 Å². The van der Waals surface area contributed by atoms with Crippen molar-refractivity contribution >= 4 is 23.0 Å². The van der Waals surface area contributed by atoms with Crippen molar-refractivity contribution in [3.63, 3.8) is 0 Å². The lowest BCUT2D eigenvalue weighted by molar-refractivity contribution is 0.0942. The molecule has 1 aliphatic heterocycles. The van der Waals surface area contributed by atoms with Crippen molar-refractivity contribution in [2.75, 3.05) is 19.8 Å². The van der Waals surface area contributed by atoms with Crippen molar-refractivity contribution in [2.24, 2.45) is 11.8 Å². The number of amides is 1. The zero-order chi connectivity index (χ0) is 18.1. The van der Waals surface area contributed by atoms with E-state index in [1.165, 1.54) is 25.7 Å². The summed E-state index contributed by atoms with van der Waals surface area (Å²) in [4.78, 5) is 12.9. The fraction of sp³-hybridized carbons (Fsp3) is 0.571. The molecule has 1 saturated heterocycles. The summed E-state index contributed by atoms with van der Waals surface area (Å²) in [5, 5.41) is 3.79. The zero-order valence-corrected chi connectivity index (χ0v) is 16.1. The Hall–Kier alpha value is -1.52. The SMILES string of the molecule is CC1CCCC(CNC(=O)c2cc(C3CCOC3)n3cccc(Cl)c23)C1. The third-order valence-corrected chi connectivity index (χ3v) is 6.26. The third kappa shape index (κ3) is 3.49. The molecule has 3 heterocycles. The van der Waals surface area contributed by atoms with Gasteiger partial charge in [-0.1, -0.05) is 31.4 Å². The maximum absolute atomic E-state index is 12.9. The van der Waals surface area contributed by atoms with Gasteiger partial charge in [-0.3, -0.25) is 4.79 Å². The summed E-state index contributed by atoms with van der Waals surface area (Å²) in [5.41, 5.74) is 2.61. The van der Waals surface area contributed by atoms with Crippen molar-refractivity contribution in [3.05, 3.63) is 40.7 Å². The van der Waals surface area contributed by atoms with E-state index in [2.05, 4.69) is 16.6 Å². The van der Waals surface area contributed by atoms with Gasteiger partial charge in [-0.25, -0.2) is 0 Å². The van der Waals surface area contributed by atoms with E-state index in [4.69, 9.17) is 16.3 Å². The highest BCUT2D eigenvalue weighted by Crippen LogP contribution is 2.33. The first-order valence-electron chi connectivity index (χ1n) is 9.79. The minimum absolute atomic E-state index is 0.0148. The molecule has 140 valence electrons. The molecule has 3 atom stereocenters. The van der Waals surface area contributed by atoms with Crippen molar-refractivity contribution in [1.82, 2.24) is 9.72 Å². The van der Waals surface area contributed by atoms with Crippen LogP contribution in [0.5, 0.6) is 0 Å². The summed E-state index contributed by atoms with van der Waals surface area (Å²) >= 11 is 6.46. The first kappa shape index (κ1) is 17.9. The Balaban J connectivity index is 1.58. The van der Waals surface area contributed by atoms with Gasteiger partial charge in [0.25, 0.3) is 5.91 Å². The second-order valence-electron chi connectivity index (χ2n) is 7.97. The molecule has 1 saturated carbocycles. The Bertz CT molecular complexity index is 795. The lowest BCUT2D eigenvalue weighted by Crippen LogP contribution is -2.31. The number of hydrogen-bond donors (Lipinski definition) is 1. The molecular weight excluding hydrogens is 348 g/mol. The van der Waals surface area contributed by atoms with E-state index in [1.807, 2.05) is 24.4 Å². The quantitative estimate of drug-likeness (QED) is 0.846. The fourth-order valence-corrected chi connectivity index (χ4v) is 4.84. The van der Waals surface area contributed by atoms with Gasteiger partial charge in [0.1, 0.15) is 0 Å². The molecule has 2 aromatic rings. The number of carbonyl (C=O) groups excluding carboxylic acids is 1. The van der Waals surface area contributed by atoms with Gasteiger partial charge in [-0.2, -0.15) is 0 Å². The Kier molecular flexibility index (Phi) is 5.23. The standard InChI is InChI=1S/C21H27ClN2O2/c1-14-4-2-5-15(10-14)12-23-21(25)17-11-19(16-7-9-26-13-16)24-8-3-6-18(22)20(17)24/h3,6,8,11,14-16H,2,4-5,7,9-10,12-13H2,1H3,(H,23,25). The normalized spacial score (nSPS) is 26.3. The predicted molar refractivity (Wildman–Crippen MR) is 104 cm³/mol. The highest BCUT2D eigenvalue weighted by molar-refractivity contribution is 6.34. The first-order valence-corrected chi connectivity index (χ1v) is 10.2. The molecule has 1 aliphatic carbocycles. The van der Waals surface area contributed by atoms with Crippen molar-refractivity contribution in [3.8, 4) is 0 Å². The molecule has 0 radical (unpaired) electrons. The van der Waals surface area contributed by atoms with E-state index < -0.39 is 0 Å². The van der Waals surface area contributed by atoms with Crippen LogP contribution in [0.1, 0.15) is 61.0 Å². The lowest BCUT2D eigenvalue weighted by Gasteiger charge is -2.26. The average Bonchev–Trinajstić information content (AvgIpc) is 3.28. The van der Waals surface area contributed by atoms with E-state index >= 15 is 0 Å². The number of fused-ring (bicyclic) bond motifs is 1. The number of nitrogens with one attached hydrogen (secondary N) is 1. The molecule has 2 aliphatic rings. The third-order valence-electron chi connectivity index (χ3n) is 5.96. The van der Waals surface area contributed by atoms with E-state index in [0.717, 1.165) is 36.7 Å². The molecule has 3 unspecified atom stereocenters. The van der Waals surface area contributed by atoms with Crippen LogP contribution < -0.4 is 5.32 Å². The molecule has 5 heteroatoms. The highest BCUT2D eigenvalue weighted by atomic mass is 35.5. The number of nitrogens with zero attached hydrogens (tertiary/aromatic N) is 1. The van der Waals surface area contributed by atoms with E-state index in [1.54, 1.807) is 0 Å². The van der Waals surface area contributed by atoms with Crippen molar-refractivity contribution < 1.29 is 9.53 Å². The fourth-order valence-electron chi connectivity index (χ4n) is 4.57. The van der Waals surface area contributed by atoms with Crippen LogP contribution in [0.15, 0.2) is 24.4 Å². The van der Waals surface area contributed by atoms with Crippen LogP contribution in [-0.4, -0.2) is 30.1 Å². The summed E-state index contributed by atoms with van der Waals surface area (Å²) in [6.45, 7) is 4.55. The van der Waals surface area contributed by atoms with Crippen LogP contribution in [0.25, 0.3) is 5.52 Å². The smallest absolute Gasteiger partial charge is 0.253 e. The van der Waals surface area contributed by atoms with Crippen LogP contribution in [0.4, 0.5) is 0 Å². The van der Waals surface area contributed by atoms with Crippen LogP contribution in [0.2, 0.25) is 5.02 Å². The summed E-state index contributed by atoms with van der Waals surface area (Å²) in [6.07, 6.45) is 7.99. The first-order chi connectivity index (χ1) is 12.6. The molecule has 0 spiro atoms. The number of aromatic nitrogens is 1. The number of carbonyl (C=O) groups is 1. The van der Waals surface area contributed by atoms with Gasteiger partial charge in [0.15, 0.2) is 0 Å². The molecule has 0 bridgehead atoms. The number of hydrogen-bond acceptors (Lipinski definition) is 2. The van der Waals surface area contributed by atoms with Crippen molar-refractivity contribution in [2.45, 2.75) is 44.9 Å². The second kappa shape index (κ2) is 7.61. The molecule has 4 nitrogen and oxygen atoms in total. The monoisotopic (exact) mass is 374 g/mol. The average molecular weight is 375 g/mol. The Labute approximate surface area is 159 Å². The molecule has 1 N–H and O–H groups in total. The van der Waals surface area contributed by atoms with Gasteiger partial charge < -0.3 is 14.5 Å². The molecule has 0 aromatic carbocycles.